The highest BCUT2D eigenvalue weighted by atomic mass is 19.4. The van der Waals surface area contributed by atoms with Gasteiger partial charge in [-0.2, -0.15) is 18.3 Å². The third-order valence-corrected chi connectivity index (χ3v) is 1.60. The molecule has 0 aromatic carbocycles. The molecule has 14 heavy (non-hydrogen) atoms. The molecule has 0 radical (unpaired) electrons. The summed E-state index contributed by atoms with van der Waals surface area (Å²) in [6.45, 7) is -0.0937. The lowest BCUT2D eigenvalue weighted by Gasteiger charge is -2.06. The molecule has 5 nitrogen and oxygen atoms in total. The molecule has 0 aliphatic rings. The van der Waals surface area contributed by atoms with E-state index in [1.807, 2.05) is 0 Å². The summed E-state index contributed by atoms with van der Waals surface area (Å²) in [5.41, 5.74) is -0.512. The molecule has 1 heterocycles. The zero-order chi connectivity index (χ0) is 10.9. The summed E-state index contributed by atoms with van der Waals surface area (Å²) in [4.78, 5) is 9.50. The summed E-state index contributed by atoms with van der Waals surface area (Å²) in [5, 5.41) is 13.5. The predicted octanol–water partition coefficient (Wildman–Crippen LogP) is 1.66. The number of halogens is 3. The van der Waals surface area contributed by atoms with Crippen LogP contribution in [0, 0.1) is 17.0 Å². The topological polar surface area (TPSA) is 61.0 Å². The molecule has 0 aliphatic heterocycles. The van der Waals surface area contributed by atoms with Crippen LogP contribution in [-0.2, 0) is 6.54 Å². The van der Waals surface area contributed by atoms with Gasteiger partial charge in [-0.05, 0) is 6.92 Å². The van der Waals surface area contributed by atoms with Crippen molar-refractivity contribution < 1.29 is 18.1 Å². The number of aromatic nitrogens is 2. The number of alkyl halides is 3. The quantitative estimate of drug-likeness (QED) is 0.549. The lowest BCUT2D eigenvalue weighted by molar-refractivity contribution is -0.385. The maximum Gasteiger partial charge on any atom is 0.408 e. The average Bonchev–Trinajstić information content (AvgIpc) is 2.29. The first-order valence-corrected chi connectivity index (χ1v) is 3.55. The summed E-state index contributed by atoms with van der Waals surface area (Å²) < 4.78 is 36.3. The fourth-order valence-corrected chi connectivity index (χ4v) is 0.945. The van der Waals surface area contributed by atoms with Crippen molar-refractivity contribution in [1.82, 2.24) is 9.78 Å². The van der Waals surface area contributed by atoms with E-state index >= 15 is 0 Å². The second kappa shape index (κ2) is 3.28. The van der Waals surface area contributed by atoms with Crippen molar-refractivity contribution >= 4 is 5.69 Å². The minimum Gasteiger partial charge on any atom is -0.258 e. The maximum atomic E-state index is 11.9. The Morgan fingerprint density at radius 3 is 2.57 bits per heavy atom. The Balaban J connectivity index is 2.96. The van der Waals surface area contributed by atoms with Gasteiger partial charge >= 0.3 is 11.9 Å². The van der Waals surface area contributed by atoms with E-state index in [1.54, 1.807) is 0 Å². The second-order valence-corrected chi connectivity index (χ2v) is 2.65. The van der Waals surface area contributed by atoms with Gasteiger partial charge in [-0.3, -0.25) is 14.8 Å². The van der Waals surface area contributed by atoms with Crippen LogP contribution < -0.4 is 0 Å². The van der Waals surface area contributed by atoms with Crippen molar-refractivity contribution in [3.8, 4) is 0 Å². The third kappa shape index (κ3) is 2.21. The Morgan fingerprint density at radius 1 is 1.64 bits per heavy atom. The van der Waals surface area contributed by atoms with Crippen molar-refractivity contribution in [3.05, 3.63) is 22.0 Å². The Morgan fingerprint density at radius 2 is 2.21 bits per heavy atom. The van der Waals surface area contributed by atoms with E-state index in [0.717, 1.165) is 6.20 Å². The number of hydrogen-bond donors (Lipinski definition) is 0. The molecule has 0 atom stereocenters. The van der Waals surface area contributed by atoms with Gasteiger partial charge in [-0.1, -0.05) is 0 Å². The molecule has 0 saturated heterocycles. The van der Waals surface area contributed by atoms with E-state index in [0.29, 0.717) is 4.68 Å². The van der Waals surface area contributed by atoms with Crippen molar-refractivity contribution in [1.29, 1.82) is 0 Å². The van der Waals surface area contributed by atoms with Gasteiger partial charge in [0.05, 0.1) is 4.92 Å². The first kappa shape index (κ1) is 10.5. The molecule has 0 N–H and O–H groups in total. The summed E-state index contributed by atoms with van der Waals surface area (Å²) >= 11 is 0. The van der Waals surface area contributed by atoms with Gasteiger partial charge in [0.2, 0.25) is 0 Å². The first-order valence-electron chi connectivity index (χ1n) is 3.55. The smallest absolute Gasteiger partial charge is 0.258 e. The average molecular weight is 209 g/mol. The molecule has 0 aliphatic carbocycles. The molecule has 1 aromatic rings. The maximum absolute atomic E-state index is 11.9. The molecule has 1 aromatic heterocycles. The van der Waals surface area contributed by atoms with Crippen molar-refractivity contribution in [2.75, 3.05) is 0 Å². The molecule has 8 heteroatoms. The zero-order valence-corrected chi connectivity index (χ0v) is 7.08. The minimum atomic E-state index is -4.43. The van der Waals surface area contributed by atoms with Crippen LogP contribution in [0.4, 0.5) is 18.9 Å². The highest BCUT2D eigenvalue weighted by Crippen LogP contribution is 2.22. The SMILES string of the molecule is Cc1c([N+](=O)[O-])cnn1CC(F)(F)F. The van der Waals surface area contributed by atoms with Gasteiger partial charge in [0.15, 0.2) is 0 Å². The van der Waals surface area contributed by atoms with Crippen LogP contribution in [0.2, 0.25) is 0 Å². The number of hydrogen-bond acceptors (Lipinski definition) is 3. The highest BCUT2D eigenvalue weighted by molar-refractivity contribution is 5.31. The van der Waals surface area contributed by atoms with Gasteiger partial charge < -0.3 is 0 Å². The summed E-state index contributed by atoms with van der Waals surface area (Å²) in [6.07, 6.45) is -3.62. The predicted molar refractivity (Wildman–Crippen MR) is 39.7 cm³/mol. The lowest BCUT2D eigenvalue weighted by atomic mass is 10.4. The van der Waals surface area contributed by atoms with Crippen LogP contribution >= 0.6 is 0 Å². The van der Waals surface area contributed by atoms with E-state index in [9.17, 15) is 23.3 Å². The molecule has 0 saturated carbocycles. The molecule has 0 unspecified atom stereocenters. The summed E-state index contributed by atoms with van der Waals surface area (Å²) in [7, 11) is 0. The van der Waals surface area contributed by atoms with E-state index < -0.39 is 23.3 Å². The molecule has 1 rings (SSSR count). The highest BCUT2D eigenvalue weighted by Gasteiger charge is 2.30. The number of rotatable bonds is 2. The first-order chi connectivity index (χ1) is 6.31. The Labute approximate surface area is 76.3 Å². The van der Waals surface area contributed by atoms with Gasteiger partial charge in [0.25, 0.3) is 0 Å². The zero-order valence-electron chi connectivity index (χ0n) is 7.08. The Kier molecular flexibility index (Phi) is 2.45. The molecule has 0 amide bonds. The van der Waals surface area contributed by atoms with Gasteiger partial charge in [0.1, 0.15) is 18.4 Å². The van der Waals surface area contributed by atoms with Crippen LogP contribution in [0.5, 0.6) is 0 Å². The molecule has 0 spiro atoms. The van der Waals surface area contributed by atoms with Crippen LogP contribution in [0.15, 0.2) is 6.20 Å². The Hall–Kier alpha value is -1.60. The monoisotopic (exact) mass is 209 g/mol. The fraction of sp³-hybridized carbons (Fsp3) is 0.500. The van der Waals surface area contributed by atoms with Crippen LogP contribution in [0.1, 0.15) is 5.69 Å². The fourth-order valence-electron chi connectivity index (χ4n) is 0.945. The number of nitrogens with zero attached hydrogens (tertiary/aromatic N) is 3. The minimum absolute atomic E-state index is 0.104. The van der Waals surface area contributed by atoms with Gasteiger partial charge in [-0.15, -0.1) is 0 Å². The summed E-state index contributed by atoms with van der Waals surface area (Å²) in [6, 6.07) is 0. The van der Waals surface area contributed by atoms with Crippen molar-refractivity contribution in [2.24, 2.45) is 0 Å². The molecule has 0 fully saturated rings. The largest absolute Gasteiger partial charge is 0.408 e. The standard InChI is InChI=1S/C6H6F3N3O2/c1-4-5(12(13)14)2-10-11(4)3-6(7,8)9/h2H,3H2,1H3. The Bertz CT molecular complexity index is 358. The van der Waals surface area contributed by atoms with Crippen LogP contribution in [-0.4, -0.2) is 20.9 Å². The molecule has 78 valence electrons. The van der Waals surface area contributed by atoms with E-state index in [1.165, 1.54) is 6.92 Å². The van der Waals surface area contributed by atoms with Gasteiger partial charge in [-0.25, -0.2) is 0 Å². The second-order valence-electron chi connectivity index (χ2n) is 2.65. The number of nitro groups is 1. The lowest BCUT2D eigenvalue weighted by Crippen LogP contribution is -2.19. The third-order valence-electron chi connectivity index (χ3n) is 1.60. The van der Waals surface area contributed by atoms with Crippen LogP contribution in [0.25, 0.3) is 0 Å². The molecule has 0 bridgehead atoms. The van der Waals surface area contributed by atoms with Crippen LogP contribution in [0.3, 0.4) is 0 Å². The molecular formula is C6H6F3N3O2. The summed E-state index contributed by atoms with van der Waals surface area (Å²) in [5.74, 6) is 0. The van der Waals surface area contributed by atoms with Crippen molar-refractivity contribution in [2.45, 2.75) is 19.6 Å². The van der Waals surface area contributed by atoms with Crippen molar-refractivity contribution in [3.63, 3.8) is 0 Å². The van der Waals surface area contributed by atoms with E-state index in [-0.39, 0.29) is 5.69 Å². The van der Waals surface area contributed by atoms with E-state index in [4.69, 9.17) is 0 Å². The normalized spacial score (nSPS) is 11.7. The molecular weight excluding hydrogens is 203 g/mol. The van der Waals surface area contributed by atoms with Gasteiger partial charge in [0, 0.05) is 0 Å². The van der Waals surface area contributed by atoms with E-state index in [2.05, 4.69) is 5.10 Å².